The Morgan fingerprint density at radius 3 is 2.84 bits per heavy atom. The number of allylic oxidation sites excluding steroid dienone is 2. The molecule has 0 radical (unpaired) electrons. The van der Waals surface area contributed by atoms with E-state index in [0.29, 0.717) is 17.6 Å². The molecule has 1 aromatic heterocycles. The van der Waals surface area contributed by atoms with Gasteiger partial charge in [-0.05, 0) is 38.8 Å². The predicted octanol–water partition coefficient (Wildman–Crippen LogP) is 3.98. The minimum absolute atomic E-state index is 0.345. The molecule has 0 aromatic carbocycles. The van der Waals surface area contributed by atoms with Gasteiger partial charge in [0.05, 0.1) is 17.7 Å². The smallest absolute Gasteiger partial charge is 0.341 e. The van der Waals surface area contributed by atoms with E-state index in [1.807, 2.05) is 19.9 Å². The molecule has 0 saturated carbocycles. The zero-order chi connectivity index (χ0) is 18.0. The van der Waals surface area contributed by atoms with Crippen LogP contribution >= 0.6 is 0 Å². The van der Waals surface area contributed by atoms with Crippen LogP contribution in [-0.4, -0.2) is 24.1 Å². The lowest BCUT2D eigenvalue weighted by atomic mass is 9.85. The molecule has 25 heavy (non-hydrogen) atoms. The fourth-order valence-corrected chi connectivity index (χ4v) is 3.32. The van der Waals surface area contributed by atoms with Crippen LogP contribution in [0, 0.1) is 5.92 Å². The summed E-state index contributed by atoms with van der Waals surface area (Å²) in [5.74, 6) is -1.29. The molecule has 3 rings (SSSR count). The summed E-state index contributed by atoms with van der Waals surface area (Å²) in [7, 11) is 0. The molecular formula is C20H22O5. The largest absolute Gasteiger partial charge is 0.472 e. The topological polar surface area (TPSA) is 65.7 Å². The van der Waals surface area contributed by atoms with Gasteiger partial charge in [-0.25, -0.2) is 9.59 Å². The van der Waals surface area contributed by atoms with Crippen LogP contribution < -0.4 is 0 Å². The van der Waals surface area contributed by atoms with Crippen LogP contribution in [-0.2, 0) is 14.3 Å². The van der Waals surface area contributed by atoms with Gasteiger partial charge >= 0.3 is 11.9 Å². The molecule has 0 amide bonds. The molecule has 1 aliphatic heterocycles. The Bertz CT molecular complexity index is 738. The number of hydrogen-bond donors (Lipinski definition) is 0. The monoisotopic (exact) mass is 342 g/mol. The highest BCUT2D eigenvalue weighted by Crippen LogP contribution is 2.36. The van der Waals surface area contributed by atoms with Gasteiger partial charge in [-0.3, -0.25) is 0 Å². The molecule has 0 unspecified atom stereocenters. The van der Waals surface area contributed by atoms with Gasteiger partial charge in [0.25, 0.3) is 0 Å². The first-order valence-corrected chi connectivity index (χ1v) is 8.41. The standard InChI is InChI=1S/C20H22O5/c1-12-5-4-6-13(2)10-17(25-20(22)15-7-8-23-11-15)18-14(3)19(21)24-16(18)9-12/h6-9,11,16-18H,3-5,10H2,1-2H3/b12-9+,13-6?/t16-,17-,18+/m1/s1. The molecule has 1 aromatic rings. The minimum atomic E-state index is -0.523. The van der Waals surface area contributed by atoms with Crippen molar-refractivity contribution in [3.05, 3.63) is 59.6 Å². The minimum Gasteiger partial charge on any atom is -0.472 e. The zero-order valence-corrected chi connectivity index (χ0v) is 14.5. The first-order chi connectivity index (χ1) is 12.0. The van der Waals surface area contributed by atoms with E-state index < -0.39 is 24.1 Å². The lowest BCUT2D eigenvalue weighted by Gasteiger charge is -2.27. The average molecular weight is 342 g/mol. The van der Waals surface area contributed by atoms with Crippen LogP contribution in [0.3, 0.4) is 0 Å². The third-order valence-corrected chi connectivity index (χ3v) is 4.68. The maximum atomic E-state index is 12.4. The molecule has 132 valence electrons. The van der Waals surface area contributed by atoms with Gasteiger partial charge in [-0.15, -0.1) is 0 Å². The molecule has 0 spiro atoms. The van der Waals surface area contributed by atoms with Crippen molar-refractivity contribution in [2.45, 2.75) is 45.3 Å². The number of esters is 2. The van der Waals surface area contributed by atoms with Gasteiger partial charge in [0.1, 0.15) is 18.5 Å². The number of fused-ring (bicyclic) bond motifs is 1. The molecule has 5 heteroatoms. The first kappa shape index (κ1) is 17.3. The zero-order valence-electron chi connectivity index (χ0n) is 14.5. The van der Waals surface area contributed by atoms with E-state index >= 15 is 0 Å². The second kappa shape index (κ2) is 7.13. The molecule has 5 nitrogen and oxygen atoms in total. The molecule has 1 aliphatic carbocycles. The third-order valence-electron chi connectivity index (χ3n) is 4.68. The lowest BCUT2D eigenvalue weighted by molar-refractivity contribution is -0.137. The molecule has 2 aliphatic rings. The number of carbonyl (C=O) groups is 2. The van der Waals surface area contributed by atoms with Gasteiger partial charge in [0.2, 0.25) is 0 Å². The van der Waals surface area contributed by atoms with E-state index in [4.69, 9.17) is 13.9 Å². The summed E-state index contributed by atoms with van der Waals surface area (Å²) in [6.45, 7) is 7.91. The van der Waals surface area contributed by atoms with Gasteiger partial charge in [-0.2, -0.15) is 0 Å². The first-order valence-electron chi connectivity index (χ1n) is 8.41. The normalized spacial score (nSPS) is 29.1. The Labute approximate surface area is 147 Å². The highest BCUT2D eigenvalue weighted by atomic mass is 16.6. The fraction of sp³-hybridized carbons (Fsp3) is 0.400. The van der Waals surface area contributed by atoms with Crippen molar-refractivity contribution in [3.8, 4) is 0 Å². The number of furan rings is 1. The summed E-state index contributed by atoms with van der Waals surface area (Å²) in [5, 5.41) is 0. The van der Waals surface area contributed by atoms with Crippen molar-refractivity contribution in [1.82, 2.24) is 0 Å². The summed E-state index contributed by atoms with van der Waals surface area (Å²) in [6, 6.07) is 1.55. The summed E-state index contributed by atoms with van der Waals surface area (Å²) in [4.78, 5) is 24.5. The van der Waals surface area contributed by atoms with Crippen molar-refractivity contribution < 1.29 is 23.5 Å². The number of hydrogen-bond acceptors (Lipinski definition) is 5. The Balaban J connectivity index is 1.93. The van der Waals surface area contributed by atoms with Crippen LogP contribution in [0.15, 0.2) is 58.5 Å². The Morgan fingerprint density at radius 1 is 1.32 bits per heavy atom. The van der Waals surface area contributed by atoms with Crippen molar-refractivity contribution in [2.24, 2.45) is 5.92 Å². The molecule has 0 bridgehead atoms. The van der Waals surface area contributed by atoms with Crippen LogP contribution in [0.5, 0.6) is 0 Å². The lowest BCUT2D eigenvalue weighted by Crippen LogP contribution is -2.33. The van der Waals surface area contributed by atoms with Gasteiger partial charge < -0.3 is 13.9 Å². The van der Waals surface area contributed by atoms with Crippen LogP contribution in [0.25, 0.3) is 0 Å². The van der Waals surface area contributed by atoms with Crippen molar-refractivity contribution in [2.75, 3.05) is 0 Å². The van der Waals surface area contributed by atoms with Crippen molar-refractivity contribution in [3.63, 3.8) is 0 Å². The Kier molecular flexibility index (Phi) is 4.93. The maximum absolute atomic E-state index is 12.4. The quantitative estimate of drug-likeness (QED) is 0.462. The van der Waals surface area contributed by atoms with Crippen LogP contribution in [0.1, 0.15) is 43.5 Å². The average Bonchev–Trinajstić information content (AvgIpc) is 3.16. The summed E-state index contributed by atoms with van der Waals surface area (Å²) >= 11 is 0. The van der Waals surface area contributed by atoms with Crippen molar-refractivity contribution in [1.29, 1.82) is 0 Å². The second-order valence-corrected chi connectivity index (χ2v) is 6.68. The molecule has 1 saturated heterocycles. The third kappa shape index (κ3) is 3.76. The number of rotatable bonds is 2. The van der Waals surface area contributed by atoms with Gasteiger partial charge in [0.15, 0.2) is 0 Å². The number of ether oxygens (including phenoxy) is 2. The highest BCUT2D eigenvalue weighted by Gasteiger charge is 2.44. The number of carbonyl (C=O) groups excluding carboxylic acids is 2. The summed E-state index contributed by atoms with van der Waals surface area (Å²) in [6.07, 6.45) is 8.24. The van der Waals surface area contributed by atoms with E-state index in [0.717, 1.165) is 24.0 Å². The fourth-order valence-electron chi connectivity index (χ4n) is 3.32. The van der Waals surface area contributed by atoms with Gasteiger partial charge in [-0.1, -0.05) is 23.8 Å². The summed E-state index contributed by atoms with van der Waals surface area (Å²) < 4.78 is 16.2. The highest BCUT2D eigenvalue weighted by molar-refractivity contribution is 5.92. The molecule has 2 heterocycles. The molecular weight excluding hydrogens is 320 g/mol. The van der Waals surface area contributed by atoms with E-state index in [-0.39, 0.29) is 5.92 Å². The maximum Gasteiger partial charge on any atom is 0.341 e. The van der Waals surface area contributed by atoms with E-state index in [1.165, 1.54) is 12.5 Å². The molecule has 0 N–H and O–H groups in total. The Hall–Kier alpha value is -2.56. The van der Waals surface area contributed by atoms with Gasteiger partial charge in [0, 0.05) is 12.0 Å². The SMILES string of the molecule is C=C1C(=O)O[C@@H]2/C=C(\C)CCC=C(C)C[C@@H](OC(=O)c3ccoc3)[C@@H]12. The Morgan fingerprint density at radius 2 is 2.12 bits per heavy atom. The van der Waals surface area contributed by atoms with E-state index in [9.17, 15) is 9.59 Å². The van der Waals surface area contributed by atoms with E-state index in [2.05, 4.69) is 12.7 Å². The van der Waals surface area contributed by atoms with Crippen LogP contribution in [0.4, 0.5) is 0 Å². The molecule has 3 atom stereocenters. The predicted molar refractivity (Wildman–Crippen MR) is 91.8 cm³/mol. The second-order valence-electron chi connectivity index (χ2n) is 6.68. The molecule has 1 fully saturated rings. The summed E-state index contributed by atoms with van der Waals surface area (Å²) in [5.41, 5.74) is 2.96. The van der Waals surface area contributed by atoms with E-state index in [1.54, 1.807) is 6.07 Å². The van der Waals surface area contributed by atoms with Crippen molar-refractivity contribution >= 4 is 11.9 Å². The van der Waals surface area contributed by atoms with Crippen LogP contribution in [0.2, 0.25) is 0 Å².